The van der Waals surface area contributed by atoms with Crippen molar-refractivity contribution in [1.82, 2.24) is 0 Å². The normalized spacial score (nSPS) is 23.4. The first-order valence-corrected chi connectivity index (χ1v) is 8.37. The smallest absolute Gasteiger partial charge is 0.336 e. The molecule has 0 aliphatic carbocycles. The van der Waals surface area contributed by atoms with Crippen molar-refractivity contribution < 1.29 is 18.6 Å². The molecule has 132 valence electrons. The zero-order valence-corrected chi connectivity index (χ0v) is 15.1. The van der Waals surface area contributed by atoms with Gasteiger partial charge in [-0.2, -0.15) is 0 Å². The third-order valence-corrected chi connectivity index (χ3v) is 5.21. The number of fused-ring (bicyclic) bond motifs is 4. The van der Waals surface area contributed by atoms with Crippen LogP contribution in [0.3, 0.4) is 0 Å². The van der Waals surface area contributed by atoms with E-state index in [2.05, 4.69) is 6.58 Å². The summed E-state index contributed by atoms with van der Waals surface area (Å²) in [4.78, 5) is 11.9. The molecular weight excluding hydrogens is 320 g/mol. The highest BCUT2D eigenvalue weighted by Crippen LogP contribution is 2.60. The lowest BCUT2D eigenvalue weighted by atomic mass is 9.79. The second-order valence-electron chi connectivity index (χ2n) is 7.76. The van der Waals surface area contributed by atoms with Crippen molar-refractivity contribution in [3.05, 3.63) is 46.3 Å². The molecule has 5 nitrogen and oxygen atoms in total. The van der Waals surface area contributed by atoms with Crippen LogP contribution in [-0.2, 0) is 10.2 Å². The molecule has 0 saturated carbocycles. The molecule has 3 heterocycles. The number of hydrogen-bond donors (Lipinski definition) is 0. The molecule has 1 fully saturated rings. The van der Waals surface area contributed by atoms with E-state index < -0.39 is 16.6 Å². The van der Waals surface area contributed by atoms with Gasteiger partial charge in [-0.15, -0.1) is 6.58 Å². The third-order valence-electron chi connectivity index (χ3n) is 5.21. The van der Waals surface area contributed by atoms with Crippen LogP contribution in [-0.4, -0.2) is 18.8 Å². The van der Waals surface area contributed by atoms with Crippen molar-refractivity contribution in [3.8, 4) is 11.5 Å². The van der Waals surface area contributed by atoms with E-state index in [0.717, 1.165) is 16.5 Å². The average Bonchev–Trinajstić information content (AvgIpc) is 3.33. The summed E-state index contributed by atoms with van der Waals surface area (Å²) < 4.78 is 23.6. The minimum absolute atomic E-state index is 0.0123. The second kappa shape index (κ2) is 4.88. The molecule has 1 aromatic carbocycles. The lowest BCUT2D eigenvalue weighted by Crippen LogP contribution is -2.39. The van der Waals surface area contributed by atoms with Crippen LogP contribution >= 0.6 is 0 Å². The van der Waals surface area contributed by atoms with Gasteiger partial charge >= 0.3 is 5.63 Å². The first-order valence-electron chi connectivity index (χ1n) is 8.37. The van der Waals surface area contributed by atoms with E-state index in [9.17, 15) is 4.79 Å². The zero-order valence-electron chi connectivity index (χ0n) is 15.1. The molecule has 4 rings (SSSR count). The van der Waals surface area contributed by atoms with Gasteiger partial charge in [-0.05, 0) is 19.9 Å². The van der Waals surface area contributed by atoms with Crippen molar-refractivity contribution >= 4 is 11.0 Å². The minimum atomic E-state index is -0.475. The summed E-state index contributed by atoms with van der Waals surface area (Å²) in [5, 5.41) is 0.739. The van der Waals surface area contributed by atoms with E-state index in [1.54, 1.807) is 13.2 Å². The van der Waals surface area contributed by atoms with Crippen molar-refractivity contribution in [2.24, 2.45) is 0 Å². The number of rotatable bonds is 3. The largest absolute Gasteiger partial charge is 0.495 e. The molecule has 5 heteroatoms. The van der Waals surface area contributed by atoms with E-state index in [-0.39, 0.29) is 12.2 Å². The first kappa shape index (κ1) is 16.2. The Morgan fingerprint density at radius 1 is 1.32 bits per heavy atom. The molecule has 2 aromatic rings. The van der Waals surface area contributed by atoms with Crippen LogP contribution in [0, 0.1) is 0 Å². The summed E-state index contributed by atoms with van der Waals surface area (Å²) in [5.74, 6) is 1.31. The Morgan fingerprint density at radius 3 is 2.68 bits per heavy atom. The lowest BCUT2D eigenvalue weighted by Gasteiger charge is -2.35. The van der Waals surface area contributed by atoms with Crippen LogP contribution in [0.1, 0.15) is 44.9 Å². The zero-order chi connectivity index (χ0) is 18.1. The number of allylic oxidation sites excluding steroid dienone is 1. The Balaban J connectivity index is 2.19. The average molecular weight is 342 g/mol. The maximum atomic E-state index is 11.9. The SMILES string of the molecule is C=CC(C)(C)c1c2c(c(OC)c3ccc(=O)oc13)C1OC1C(C)(C)O2. The van der Waals surface area contributed by atoms with Crippen LogP contribution in [0.25, 0.3) is 11.0 Å². The molecule has 2 aliphatic rings. The molecule has 2 unspecified atom stereocenters. The van der Waals surface area contributed by atoms with E-state index in [1.165, 1.54) is 6.07 Å². The van der Waals surface area contributed by atoms with Gasteiger partial charge in [0.1, 0.15) is 34.9 Å². The summed E-state index contributed by atoms with van der Waals surface area (Å²) in [6.45, 7) is 12.0. The number of benzene rings is 1. The second-order valence-corrected chi connectivity index (χ2v) is 7.76. The van der Waals surface area contributed by atoms with Crippen LogP contribution in [0.15, 0.2) is 34.0 Å². The molecule has 0 bridgehead atoms. The summed E-state index contributed by atoms with van der Waals surface area (Å²) in [6, 6.07) is 3.14. The van der Waals surface area contributed by atoms with Gasteiger partial charge in [0.2, 0.25) is 0 Å². The lowest BCUT2D eigenvalue weighted by molar-refractivity contribution is 0.0703. The topological polar surface area (TPSA) is 61.2 Å². The molecule has 1 aromatic heterocycles. The fourth-order valence-corrected chi connectivity index (χ4v) is 3.72. The summed E-state index contributed by atoms with van der Waals surface area (Å²) >= 11 is 0. The van der Waals surface area contributed by atoms with E-state index in [0.29, 0.717) is 17.1 Å². The maximum absolute atomic E-state index is 11.9. The molecule has 0 N–H and O–H groups in total. The first-order chi connectivity index (χ1) is 11.7. The Hall–Kier alpha value is -2.27. The van der Waals surface area contributed by atoms with Crippen LogP contribution in [0.5, 0.6) is 11.5 Å². The predicted molar refractivity (Wildman–Crippen MR) is 94.6 cm³/mol. The fourth-order valence-electron chi connectivity index (χ4n) is 3.72. The highest BCUT2D eigenvalue weighted by atomic mass is 16.6. The number of ether oxygens (including phenoxy) is 3. The molecule has 25 heavy (non-hydrogen) atoms. The van der Waals surface area contributed by atoms with Gasteiger partial charge < -0.3 is 18.6 Å². The third kappa shape index (κ3) is 2.15. The Labute approximate surface area is 146 Å². The van der Waals surface area contributed by atoms with Gasteiger partial charge in [0.05, 0.1) is 18.1 Å². The van der Waals surface area contributed by atoms with E-state index >= 15 is 0 Å². The molecule has 0 radical (unpaired) electrons. The van der Waals surface area contributed by atoms with Crippen molar-refractivity contribution in [2.75, 3.05) is 7.11 Å². The standard InChI is InChI=1S/C20H22O5/c1-7-19(2,3)13-15-10(8-9-11(21)23-15)14(22-6)12-16(13)25-20(4,5)18-17(12)24-18/h7-9,17-18H,1H2,2-6H3. The highest BCUT2D eigenvalue weighted by Gasteiger charge is 2.59. The summed E-state index contributed by atoms with van der Waals surface area (Å²) in [5.41, 5.74) is 0.807. The summed E-state index contributed by atoms with van der Waals surface area (Å²) in [6.07, 6.45) is 1.74. The Kier molecular flexibility index (Phi) is 3.17. The van der Waals surface area contributed by atoms with Crippen LogP contribution in [0.4, 0.5) is 0 Å². The van der Waals surface area contributed by atoms with Crippen LogP contribution < -0.4 is 15.1 Å². The van der Waals surface area contributed by atoms with Gasteiger partial charge in [0.25, 0.3) is 0 Å². The molecule has 2 atom stereocenters. The van der Waals surface area contributed by atoms with Gasteiger partial charge in [0, 0.05) is 17.0 Å². The van der Waals surface area contributed by atoms with Crippen LogP contribution in [0.2, 0.25) is 0 Å². The fraction of sp³-hybridized carbons (Fsp3) is 0.450. The molecular formula is C20H22O5. The molecule has 2 aliphatic heterocycles. The number of epoxide rings is 1. The quantitative estimate of drug-likeness (QED) is 0.481. The summed E-state index contributed by atoms with van der Waals surface area (Å²) in [7, 11) is 1.61. The van der Waals surface area contributed by atoms with E-state index in [1.807, 2.05) is 33.8 Å². The molecule has 1 saturated heterocycles. The molecule has 0 amide bonds. The van der Waals surface area contributed by atoms with Crippen molar-refractivity contribution in [3.63, 3.8) is 0 Å². The van der Waals surface area contributed by atoms with E-state index in [4.69, 9.17) is 18.6 Å². The highest BCUT2D eigenvalue weighted by molar-refractivity contribution is 5.92. The van der Waals surface area contributed by atoms with Gasteiger partial charge in [0.15, 0.2) is 0 Å². The van der Waals surface area contributed by atoms with Gasteiger partial charge in [-0.25, -0.2) is 4.79 Å². The monoisotopic (exact) mass is 342 g/mol. The maximum Gasteiger partial charge on any atom is 0.336 e. The van der Waals surface area contributed by atoms with Crippen molar-refractivity contribution in [1.29, 1.82) is 0 Å². The van der Waals surface area contributed by atoms with Crippen molar-refractivity contribution in [2.45, 2.75) is 50.9 Å². The number of hydrogen-bond acceptors (Lipinski definition) is 5. The Morgan fingerprint density at radius 2 is 2.04 bits per heavy atom. The Bertz CT molecular complexity index is 951. The van der Waals surface area contributed by atoms with Gasteiger partial charge in [-0.1, -0.05) is 19.9 Å². The van der Waals surface area contributed by atoms with Gasteiger partial charge in [-0.3, -0.25) is 0 Å². The molecule has 0 spiro atoms. The number of methoxy groups -OCH3 is 1. The minimum Gasteiger partial charge on any atom is -0.495 e. The predicted octanol–water partition coefficient (Wildman–Crippen LogP) is 3.88.